The highest BCUT2D eigenvalue weighted by Crippen LogP contribution is 2.53. The fourth-order valence-corrected chi connectivity index (χ4v) is 4.43. The fraction of sp³-hybridized carbons (Fsp3) is 0.278. The van der Waals surface area contributed by atoms with Gasteiger partial charge in [0.2, 0.25) is 0 Å². The predicted molar refractivity (Wildman–Crippen MR) is 89.9 cm³/mol. The molecule has 1 aliphatic heterocycles. The molecule has 3 rings (SSSR count). The number of amides is 1. The van der Waals surface area contributed by atoms with Crippen LogP contribution in [0, 0.1) is 6.92 Å². The smallest absolute Gasteiger partial charge is 0.252 e. The summed E-state index contributed by atoms with van der Waals surface area (Å²) in [6, 6.07) is 16.3. The number of likely N-dealkylation sites (N-methyl/N-ethyl adjacent to an activating group) is 1. The van der Waals surface area contributed by atoms with E-state index in [0.717, 1.165) is 16.8 Å². The summed E-state index contributed by atoms with van der Waals surface area (Å²) in [7, 11) is 0. The van der Waals surface area contributed by atoms with Crippen LogP contribution in [0.5, 0.6) is 0 Å². The van der Waals surface area contributed by atoms with E-state index in [1.54, 1.807) is 11.8 Å². The highest BCUT2D eigenvalue weighted by Gasteiger charge is 2.52. The Balaban J connectivity index is 2.35. The molecular weight excluding hydrogens is 278 g/mol. The highest BCUT2D eigenvalue weighted by molar-refractivity contribution is 8.00. The van der Waals surface area contributed by atoms with Crippen LogP contribution in [-0.2, 0) is 9.54 Å². The van der Waals surface area contributed by atoms with Crippen LogP contribution >= 0.6 is 11.8 Å². The van der Waals surface area contributed by atoms with Crippen LogP contribution in [0.3, 0.4) is 0 Å². The van der Waals surface area contributed by atoms with Crippen LogP contribution < -0.4 is 4.90 Å². The lowest BCUT2D eigenvalue weighted by Gasteiger charge is -2.28. The Morgan fingerprint density at radius 3 is 2.43 bits per heavy atom. The monoisotopic (exact) mass is 297 g/mol. The number of aryl methyl sites for hydroxylation is 1. The number of hydrogen-bond acceptors (Lipinski definition) is 2. The Morgan fingerprint density at radius 1 is 1.10 bits per heavy atom. The van der Waals surface area contributed by atoms with Gasteiger partial charge in [0, 0.05) is 17.8 Å². The van der Waals surface area contributed by atoms with Gasteiger partial charge < -0.3 is 4.90 Å². The predicted octanol–water partition coefficient (Wildman–Crippen LogP) is 3.97. The lowest BCUT2D eigenvalue weighted by Crippen LogP contribution is -2.38. The molecule has 0 aliphatic carbocycles. The van der Waals surface area contributed by atoms with E-state index in [2.05, 4.69) is 31.2 Å². The molecule has 1 amide bonds. The van der Waals surface area contributed by atoms with E-state index in [9.17, 15) is 4.79 Å². The summed E-state index contributed by atoms with van der Waals surface area (Å²) >= 11 is 1.63. The van der Waals surface area contributed by atoms with Crippen molar-refractivity contribution in [1.82, 2.24) is 0 Å². The molecule has 0 aromatic heterocycles. The van der Waals surface area contributed by atoms with Crippen molar-refractivity contribution in [2.45, 2.75) is 18.6 Å². The number of benzene rings is 2. The first-order valence-electron chi connectivity index (χ1n) is 7.19. The van der Waals surface area contributed by atoms with Crippen molar-refractivity contribution >= 4 is 23.4 Å². The average molecular weight is 297 g/mol. The van der Waals surface area contributed by atoms with Gasteiger partial charge in [0.25, 0.3) is 5.91 Å². The topological polar surface area (TPSA) is 20.3 Å². The molecule has 1 atom stereocenters. The lowest BCUT2D eigenvalue weighted by molar-refractivity contribution is -0.119. The maximum Gasteiger partial charge on any atom is 0.252 e. The molecule has 2 nitrogen and oxygen atoms in total. The number of rotatable bonds is 3. The van der Waals surface area contributed by atoms with E-state index in [-0.39, 0.29) is 5.91 Å². The normalized spacial score (nSPS) is 20.7. The molecule has 108 valence electrons. The summed E-state index contributed by atoms with van der Waals surface area (Å²) in [5.74, 6) is 0.174. The van der Waals surface area contributed by atoms with Crippen LogP contribution in [0.1, 0.15) is 23.6 Å². The minimum Gasteiger partial charge on any atom is -0.311 e. The second-order valence-electron chi connectivity index (χ2n) is 5.27. The first-order valence-corrected chi connectivity index (χ1v) is 8.42. The van der Waals surface area contributed by atoms with Gasteiger partial charge in [-0.1, -0.05) is 42.5 Å². The second kappa shape index (κ2) is 5.23. The maximum absolute atomic E-state index is 13.2. The van der Waals surface area contributed by atoms with Gasteiger partial charge in [0.15, 0.2) is 0 Å². The van der Waals surface area contributed by atoms with Crippen molar-refractivity contribution in [2.24, 2.45) is 0 Å². The summed E-state index contributed by atoms with van der Waals surface area (Å²) in [6.45, 7) is 4.83. The van der Waals surface area contributed by atoms with Crippen molar-refractivity contribution in [3.8, 4) is 0 Å². The summed E-state index contributed by atoms with van der Waals surface area (Å²) in [6.07, 6.45) is 2.03. The zero-order chi connectivity index (χ0) is 15.0. The van der Waals surface area contributed by atoms with Gasteiger partial charge in [-0.05, 0) is 37.3 Å². The molecule has 0 saturated carbocycles. The fourth-order valence-electron chi connectivity index (χ4n) is 3.30. The van der Waals surface area contributed by atoms with Crippen molar-refractivity contribution in [3.63, 3.8) is 0 Å². The van der Waals surface area contributed by atoms with Crippen LogP contribution in [0.25, 0.3) is 0 Å². The maximum atomic E-state index is 13.2. The number of anilines is 1. The largest absolute Gasteiger partial charge is 0.311 e. The van der Waals surface area contributed by atoms with Crippen molar-refractivity contribution in [1.29, 1.82) is 0 Å². The van der Waals surface area contributed by atoms with E-state index >= 15 is 0 Å². The Bertz CT molecular complexity index is 683. The van der Waals surface area contributed by atoms with Crippen LogP contribution in [0.4, 0.5) is 5.69 Å². The first kappa shape index (κ1) is 14.2. The molecule has 0 saturated heterocycles. The molecule has 0 spiro atoms. The van der Waals surface area contributed by atoms with Gasteiger partial charge in [-0.25, -0.2) is 0 Å². The van der Waals surface area contributed by atoms with Gasteiger partial charge in [-0.15, -0.1) is 11.8 Å². The van der Waals surface area contributed by atoms with E-state index in [1.165, 1.54) is 5.56 Å². The van der Waals surface area contributed by atoms with E-state index in [4.69, 9.17) is 0 Å². The molecule has 21 heavy (non-hydrogen) atoms. The summed E-state index contributed by atoms with van der Waals surface area (Å²) in [5.41, 5.74) is 4.44. The van der Waals surface area contributed by atoms with Crippen molar-refractivity contribution in [2.75, 3.05) is 17.7 Å². The number of fused-ring (bicyclic) bond motifs is 1. The van der Waals surface area contributed by atoms with E-state index in [1.807, 2.05) is 42.3 Å². The number of carbonyl (C=O) groups is 1. The number of carbonyl (C=O) groups excluding carboxylic acids is 1. The number of nitrogens with zero attached hydrogens (tertiary/aromatic N) is 1. The third-order valence-corrected chi connectivity index (χ3v) is 5.47. The molecule has 0 N–H and O–H groups in total. The van der Waals surface area contributed by atoms with Gasteiger partial charge in [0.05, 0.1) is 0 Å². The van der Waals surface area contributed by atoms with Gasteiger partial charge in [-0.3, -0.25) is 4.79 Å². The zero-order valence-electron chi connectivity index (χ0n) is 12.6. The number of thioether (sulfide) groups is 1. The molecule has 3 heteroatoms. The minimum atomic E-state index is -0.613. The molecule has 0 radical (unpaired) electrons. The van der Waals surface area contributed by atoms with Gasteiger partial charge >= 0.3 is 0 Å². The molecule has 1 aliphatic rings. The van der Waals surface area contributed by atoms with E-state index < -0.39 is 4.75 Å². The third-order valence-electron chi connectivity index (χ3n) is 4.24. The summed E-state index contributed by atoms with van der Waals surface area (Å²) in [5, 5.41) is 0. The Kier molecular flexibility index (Phi) is 3.54. The number of hydrogen-bond donors (Lipinski definition) is 0. The molecule has 2 aromatic rings. The third kappa shape index (κ3) is 1.84. The van der Waals surface area contributed by atoms with E-state index in [0.29, 0.717) is 6.54 Å². The molecule has 1 heterocycles. The first-order chi connectivity index (χ1) is 10.2. The zero-order valence-corrected chi connectivity index (χ0v) is 13.4. The summed E-state index contributed by atoms with van der Waals surface area (Å²) < 4.78 is -0.613. The van der Waals surface area contributed by atoms with Crippen molar-refractivity contribution < 1.29 is 4.79 Å². The molecule has 1 unspecified atom stereocenters. The van der Waals surface area contributed by atoms with Crippen molar-refractivity contribution in [3.05, 3.63) is 65.2 Å². The Hall–Kier alpha value is -1.74. The summed E-state index contributed by atoms with van der Waals surface area (Å²) in [4.78, 5) is 15.1. The SMILES string of the molecule is CCN1C(=O)C(SC)(c2ccccc2)c2c(C)cccc21. The lowest BCUT2D eigenvalue weighted by atomic mass is 9.88. The Labute approximate surface area is 130 Å². The van der Waals surface area contributed by atoms with Gasteiger partial charge in [-0.2, -0.15) is 0 Å². The minimum absolute atomic E-state index is 0.174. The highest BCUT2D eigenvalue weighted by atomic mass is 32.2. The van der Waals surface area contributed by atoms with Gasteiger partial charge in [0.1, 0.15) is 4.75 Å². The standard InChI is InChI=1S/C18H19NOS/c1-4-19-15-12-8-9-13(2)16(15)18(21-3,17(19)20)14-10-6-5-7-11-14/h5-12H,4H2,1-3H3. The van der Waals surface area contributed by atoms with Crippen LogP contribution in [0.2, 0.25) is 0 Å². The quantitative estimate of drug-likeness (QED) is 0.854. The average Bonchev–Trinajstić information content (AvgIpc) is 2.78. The van der Waals surface area contributed by atoms with Crippen LogP contribution in [0.15, 0.2) is 48.5 Å². The Morgan fingerprint density at radius 2 is 1.81 bits per heavy atom. The molecule has 0 fully saturated rings. The van der Waals surface area contributed by atoms with Crippen LogP contribution in [-0.4, -0.2) is 18.7 Å². The second-order valence-corrected chi connectivity index (χ2v) is 6.29. The molecule has 2 aromatic carbocycles. The molecular formula is C18H19NOS. The molecule has 0 bridgehead atoms.